The molecule has 0 aliphatic carbocycles. The fraction of sp³-hybridized carbons (Fsp3) is 0.932. The van der Waals surface area contributed by atoms with E-state index in [9.17, 15) is 95.8 Å². The molecule has 0 saturated heterocycles. The van der Waals surface area contributed by atoms with Crippen LogP contribution in [-0.4, -0.2) is 419 Å². The first-order chi connectivity index (χ1) is 46.3. The van der Waals surface area contributed by atoms with Crippen LogP contribution in [0.1, 0.15) is 46.5 Å². The molecule has 0 fully saturated rings. The quantitative estimate of drug-likeness (QED) is 0.0251. The summed E-state index contributed by atoms with van der Waals surface area (Å²) in [6.07, 6.45) is -23.5. The lowest BCUT2D eigenvalue weighted by Crippen LogP contribution is -2.58. The lowest BCUT2D eigenvalue weighted by molar-refractivity contribution is -0.139. The van der Waals surface area contributed by atoms with Gasteiger partial charge in [-0.25, -0.2) is 9.59 Å². The van der Waals surface area contributed by atoms with Crippen LogP contribution in [0.25, 0.3) is 0 Å². The number of unbranched alkanes of at least 4 members (excludes halogenated alkanes) is 1. The second-order valence-electron chi connectivity index (χ2n) is 22.8. The number of amides is 3. The highest BCUT2D eigenvalue weighted by molar-refractivity contribution is 5.82. The predicted molar refractivity (Wildman–Crippen MR) is 337 cm³/mol. The summed E-state index contributed by atoms with van der Waals surface area (Å²) in [5, 5.41) is 171. The molecule has 0 aromatic rings. The van der Waals surface area contributed by atoms with Gasteiger partial charge in [-0.2, -0.15) is 0 Å². The molecule has 0 bridgehead atoms. The number of hydrogen-bond acceptors (Lipinski definition) is 34. The summed E-state index contributed by atoms with van der Waals surface area (Å²) in [5.74, 6) is -2.18. The molecule has 0 aliphatic rings. The van der Waals surface area contributed by atoms with Crippen LogP contribution in [0.2, 0.25) is 0 Å². The minimum atomic E-state index is -2.14. The number of rotatable bonds is 68. The Morgan fingerprint density at radius 2 is 0.701 bits per heavy atom. The summed E-state index contributed by atoms with van der Waals surface area (Å²) in [4.78, 5) is 49.9. The number of carboxylic acid groups (broad SMARTS) is 1. The second-order valence-corrected chi connectivity index (χ2v) is 22.8. The van der Waals surface area contributed by atoms with Gasteiger partial charge < -0.3 is 165 Å². The van der Waals surface area contributed by atoms with Crippen molar-refractivity contribution in [3.05, 3.63) is 0 Å². The maximum Gasteiger partial charge on any atom is 0.408 e. The number of nitrogens with one attached hydrogen (secondary N) is 4. The molecule has 38 heteroatoms. The number of hydrogen-bond donors (Lipinski definition) is 20. The lowest BCUT2D eigenvalue weighted by Gasteiger charge is -2.35. The third-order valence-corrected chi connectivity index (χ3v) is 13.5. The van der Waals surface area contributed by atoms with E-state index in [0.717, 1.165) is 4.90 Å². The average molecular weight is 1420 g/mol. The standard InChI is InChI=1S/C59H117N5O33/c1-59(2,3)97-58(84)63-41(57(82)83)6-4-5-8-60-49(74)7-10-85-12-14-87-16-18-89-20-22-91-24-26-93-28-30-95-32-33-96-31-29-94-27-25-92-23-21-90-19-17-88-15-13-86-11-9-61-56(81)42(62-34-43(68)50(75)53(78)46(71)38-65)35-64(36-44(69)51(76)54(79)47(72)39-66)37-45(70)52(77)55(80)48(73)40-67/h41-48,50-55,62,65-73,75-80H,4-40H2,1-3H3,(H,60,74)(H,61,81)(H,63,84)(H,82,83)/t41-,42?,43-,44+,45+,46+,47-,48-,50+,51-,52-,53+,54-,55-/m0/s1. The van der Waals surface area contributed by atoms with Crippen molar-refractivity contribution >= 4 is 23.9 Å². The smallest absolute Gasteiger partial charge is 0.408 e. The zero-order chi connectivity index (χ0) is 72.7. The van der Waals surface area contributed by atoms with Gasteiger partial charge >= 0.3 is 12.1 Å². The summed E-state index contributed by atoms with van der Waals surface area (Å²) in [6, 6.07) is -2.57. The Balaban J connectivity index is 4.10. The van der Waals surface area contributed by atoms with Gasteiger partial charge in [0.05, 0.1) is 203 Å². The van der Waals surface area contributed by atoms with Crippen LogP contribution in [-0.2, 0) is 76.0 Å². The van der Waals surface area contributed by atoms with Crippen molar-refractivity contribution in [2.45, 2.75) is 137 Å². The Bertz CT molecular complexity index is 1870. The average Bonchev–Trinajstić information content (AvgIpc) is 0.959. The van der Waals surface area contributed by atoms with Crippen molar-refractivity contribution in [1.29, 1.82) is 0 Å². The van der Waals surface area contributed by atoms with E-state index in [1.807, 2.05) is 0 Å². The SMILES string of the molecule is CC(C)(C)OC(=O)N[C@@H](CCCCNC(=O)CCOCCOCCOCCOCCOCCOCCOCCOCCOCCOCCOCCOCCNC(=O)C(CN(C[C@@H](O)[C@H](O)[C@@H](O)[C@@H](O)CO)C[C@@H](O)[C@H](O)[C@@H](O)[C@@H](O)CO)NC[C@H](O)[C@@H](O)[C@H](O)[C@H](O)CO)C(=O)O. The van der Waals surface area contributed by atoms with Crippen LogP contribution < -0.4 is 21.3 Å². The van der Waals surface area contributed by atoms with Gasteiger partial charge in [-0.1, -0.05) is 0 Å². The number of aliphatic hydroxyl groups excluding tert-OH is 15. The van der Waals surface area contributed by atoms with E-state index in [1.165, 1.54) is 0 Å². The van der Waals surface area contributed by atoms with E-state index >= 15 is 0 Å². The molecule has 0 aromatic heterocycles. The maximum absolute atomic E-state index is 13.6. The van der Waals surface area contributed by atoms with Crippen LogP contribution >= 0.6 is 0 Å². The van der Waals surface area contributed by atoms with Gasteiger partial charge in [0.2, 0.25) is 11.8 Å². The Morgan fingerprint density at radius 3 is 1.03 bits per heavy atom. The molecule has 14 atom stereocenters. The van der Waals surface area contributed by atoms with E-state index in [2.05, 4.69) is 21.3 Å². The van der Waals surface area contributed by atoms with Crippen LogP contribution in [0.4, 0.5) is 4.79 Å². The third kappa shape index (κ3) is 50.5. The minimum Gasteiger partial charge on any atom is -0.480 e. The lowest BCUT2D eigenvalue weighted by atomic mass is 10.0. The molecule has 97 heavy (non-hydrogen) atoms. The van der Waals surface area contributed by atoms with Crippen molar-refractivity contribution < 1.29 is 162 Å². The molecule has 3 amide bonds. The fourth-order valence-corrected chi connectivity index (χ4v) is 8.09. The number of carboxylic acids is 1. The molecular formula is C59H117N5O33. The Hall–Kier alpha value is -3.48. The second kappa shape index (κ2) is 60.1. The van der Waals surface area contributed by atoms with Gasteiger partial charge in [-0.3, -0.25) is 14.5 Å². The largest absolute Gasteiger partial charge is 0.480 e. The van der Waals surface area contributed by atoms with Crippen molar-refractivity contribution in [3.8, 4) is 0 Å². The predicted octanol–water partition coefficient (Wildman–Crippen LogP) is -9.48. The molecule has 20 N–H and O–H groups in total. The molecule has 0 rings (SSSR count). The zero-order valence-electron chi connectivity index (χ0n) is 56.3. The zero-order valence-corrected chi connectivity index (χ0v) is 56.3. The van der Waals surface area contributed by atoms with Crippen molar-refractivity contribution in [2.24, 2.45) is 0 Å². The molecule has 0 aromatic carbocycles. The molecule has 0 aliphatic heterocycles. The van der Waals surface area contributed by atoms with E-state index < -0.39 is 155 Å². The monoisotopic (exact) mass is 1420 g/mol. The number of carbonyl (C=O) groups excluding carboxylic acids is 3. The van der Waals surface area contributed by atoms with Crippen molar-refractivity contribution in [1.82, 2.24) is 26.2 Å². The van der Waals surface area contributed by atoms with Crippen LogP contribution in [0, 0.1) is 0 Å². The van der Waals surface area contributed by atoms with Gasteiger partial charge in [0, 0.05) is 45.7 Å². The molecule has 38 nitrogen and oxygen atoms in total. The van der Waals surface area contributed by atoms with E-state index in [0.29, 0.717) is 138 Å². The summed E-state index contributed by atoms with van der Waals surface area (Å²) in [7, 11) is 0. The molecule has 0 heterocycles. The Kier molecular flexibility index (Phi) is 58.0. The number of nitrogens with zero attached hydrogens (tertiary/aromatic N) is 1. The first kappa shape index (κ1) is 93.5. The normalized spacial score (nSPS) is 16.5. The minimum absolute atomic E-state index is 0.0505. The topological polar surface area (TPSA) is 563 Å². The van der Waals surface area contributed by atoms with Gasteiger partial charge in [0.25, 0.3) is 0 Å². The number of ether oxygens (including phenoxy) is 13. The van der Waals surface area contributed by atoms with Crippen LogP contribution in [0.3, 0.4) is 0 Å². The Labute approximate surface area is 566 Å². The summed E-state index contributed by atoms with van der Waals surface area (Å²) < 4.78 is 70.9. The van der Waals surface area contributed by atoms with E-state index in [1.54, 1.807) is 20.8 Å². The summed E-state index contributed by atoms with van der Waals surface area (Å²) in [6.45, 7) is 7.15. The highest BCUT2D eigenvalue weighted by Gasteiger charge is 2.37. The first-order valence-corrected chi connectivity index (χ1v) is 32.5. The van der Waals surface area contributed by atoms with Crippen molar-refractivity contribution in [3.63, 3.8) is 0 Å². The molecule has 1 unspecified atom stereocenters. The highest BCUT2D eigenvalue weighted by atomic mass is 16.6. The number of carbonyl (C=O) groups is 4. The van der Waals surface area contributed by atoms with Crippen molar-refractivity contribution in [2.75, 3.05) is 218 Å². The molecular weight excluding hydrogens is 1310 g/mol. The number of alkyl carbamates (subject to hydrolysis) is 1. The first-order valence-electron chi connectivity index (χ1n) is 32.5. The van der Waals surface area contributed by atoms with Gasteiger partial charge in [0.1, 0.15) is 66.6 Å². The van der Waals surface area contributed by atoms with Gasteiger partial charge in [0.15, 0.2) is 0 Å². The van der Waals surface area contributed by atoms with E-state index in [4.69, 9.17) is 66.7 Å². The Morgan fingerprint density at radius 1 is 0.381 bits per heavy atom. The highest BCUT2D eigenvalue weighted by Crippen LogP contribution is 2.14. The number of aliphatic hydroxyl groups is 15. The van der Waals surface area contributed by atoms with Gasteiger partial charge in [-0.15, -0.1) is 0 Å². The number of aliphatic carboxylic acids is 1. The molecule has 0 spiro atoms. The van der Waals surface area contributed by atoms with E-state index in [-0.39, 0.29) is 64.9 Å². The third-order valence-electron chi connectivity index (χ3n) is 13.5. The summed E-state index contributed by atoms with van der Waals surface area (Å²) >= 11 is 0. The van der Waals surface area contributed by atoms with Crippen LogP contribution in [0.15, 0.2) is 0 Å². The van der Waals surface area contributed by atoms with Crippen LogP contribution in [0.5, 0.6) is 0 Å². The van der Waals surface area contributed by atoms with Gasteiger partial charge in [-0.05, 0) is 40.0 Å². The molecule has 0 radical (unpaired) electrons. The fourth-order valence-electron chi connectivity index (χ4n) is 8.09. The maximum atomic E-state index is 13.6. The molecule has 576 valence electrons. The summed E-state index contributed by atoms with van der Waals surface area (Å²) in [5.41, 5.74) is -0.744. The molecule has 0 saturated carbocycles.